The van der Waals surface area contributed by atoms with Gasteiger partial charge >= 0.3 is 0 Å². The Kier molecular flexibility index (Phi) is 5.49. The van der Waals surface area contributed by atoms with Crippen molar-refractivity contribution in [3.05, 3.63) is 0 Å². The molecule has 118 valence electrons. The Bertz CT molecular complexity index is 292. The maximum absolute atomic E-state index is 6.04. The van der Waals surface area contributed by atoms with Gasteiger partial charge in [0.2, 0.25) is 0 Å². The number of hydrogen-bond donors (Lipinski definition) is 1. The number of hydrogen-bond acceptors (Lipinski definition) is 3. The molecule has 2 heterocycles. The van der Waals surface area contributed by atoms with E-state index in [1.54, 1.807) is 0 Å². The predicted octanol–water partition coefficient (Wildman–Crippen LogP) is 3.38. The fourth-order valence-corrected chi connectivity index (χ4v) is 3.73. The smallest absolute Gasteiger partial charge is 0.0939 e. The summed E-state index contributed by atoms with van der Waals surface area (Å²) in [6.45, 7) is 12.9. The van der Waals surface area contributed by atoms with Gasteiger partial charge < -0.3 is 14.8 Å². The zero-order valence-corrected chi connectivity index (χ0v) is 13.8. The Morgan fingerprint density at radius 1 is 1.30 bits per heavy atom. The van der Waals surface area contributed by atoms with Gasteiger partial charge in [-0.15, -0.1) is 0 Å². The molecule has 20 heavy (non-hydrogen) atoms. The highest BCUT2D eigenvalue weighted by Crippen LogP contribution is 2.38. The van der Waals surface area contributed by atoms with Crippen LogP contribution in [0, 0.1) is 11.3 Å². The number of ether oxygens (including phenoxy) is 2. The van der Waals surface area contributed by atoms with Crippen molar-refractivity contribution >= 4 is 0 Å². The number of rotatable bonds is 5. The molecule has 3 heteroatoms. The van der Waals surface area contributed by atoms with Crippen LogP contribution in [-0.2, 0) is 9.47 Å². The van der Waals surface area contributed by atoms with Crippen LogP contribution < -0.4 is 5.32 Å². The lowest BCUT2D eigenvalue weighted by Gasteiger charge is -2.38. The summed E-state index contributed by atoms with van der Waals surface area (Å²) in [5.41, 5.74) is 0.410. The van der Waals surface area contributed by atoms with E-state index in [1.807, 2.05) is 0 Å². The summed E-state index contributed by atoms with van der Waals surface area (Å²) < 4.78 is 11.6. The second-order valence-corrected chi connectivity index (χ2v) is 7.75. The highest BCUT2D eigenvalue weighted by Gasteiger charge is 2.41. The Morgan fingerprint density at radius 3 is 2.70 bits per heavy atom. The quantitative estimate of drug-likeness (QED) is 0.839. The summed E-state index contributed by atoms with van der Waals surface area (Å²) in [5, 5.41) is 3.67. The third-order valence-electron chi connectivity index (χ3n) is 5.02. The Morgan fingerprint density at radius 2 is 2.10 bits per heavy atom. The maximum atomic E-state index is 6.04. The van der Waals surface area contributed by atoms with Crippen LogP contribution in [0.25, 0.3) is 0 Å². The van der Waals surface area contributed by atoms with Crippen molar-refractivity contribution in [3.63, 3.8) is 0 Å². The van der Waals surface area contributed by atoms with Crippen LogP contribution in [-0.4, -0.2) is 38.0 Å². The van der Waals surface area contributed by atoms with E-state index in [-0.39, 0.29) is 5.60 Å². The van der Waals surface area contributed by atoms with E-state index in [4.69, 9.17) is 9.47 Å². The zero-order valence-electron chi connectivity index (χ0n) is 13.8. The molecule has 0 bridgehead atoms. The molecule has 2 saturated heterocycles. The summed E-state index contributed by atoms with van der Waals surface area (Å²) in [6.07, 6.45) is 6.12. The van der Waals surface area contributed by atoms with Crippen molar-refractivity contribution < 1.29 is 9.47 Å². The Labute approximate surface area is 124 Å². The minimum Gasteiger partial charge on any atom is -0.378 e. The van der Waals surface area contributed by atoms with E-state index in [9.17, 15) is 0 Å². The summed E-state index contributed by atoms with van der Waals surface area (Å²) in [7, 11) is 0. The molecule has 0 aromatic carbocycles. The summed E-state index contributed by atoms with van der Waals surface area (Å²) in [5.74, 6) is 0.814. The van der Waals surface area contributed by atoms with Crippen molar-refractivity contribution in [1.29, 1.82) is 0 Å². The largest absolute Gasteiger partial charge is 0.378 e. The molecule has 2 aliphatic heterocycles. The topological polar surface area (TPSA) is 30.5 Å². The van der Waals surface area contributed by atoms with Gasteiger partial charge in [0.1, 0.15) is 0 Å². The second kappa shape index (κ2) is 6.76. The van der Waals surface area contributed by atoms with E-state index in [0.29, 0.717) is 11.5 Å². The standard InChI is InChI=1S/C17H33NO2/c1-5-18-15(16(2,3)4)7-6-14-8-10-20-17(12-14)9-11-19-13-17/h14-15,18H,5-13H2,1-4H3. The molecule has 0 amide bonds. The van der Waals surface area contributed by atoms with Gasteiger partial charge in [-0.25, -0.2) is 0 Å². The zero-order chi connectivity index (χ0) is 14.6. The average Bonchev–Trinajstić information content (AvgIpc) is 2.81. The van der Waals surface area contributed by atoms with Gasteiger partial charge in [-0.3, -0.25) is 0 Å². The lowest BCUT2D eigenvalue weighted by Crippen LogP contribution is -2.42. The molecule has 0 aromatic heterocycles. The molecule has 0 aromatic rings. The Balaban J connectivity index is 1.83. The van der Waals surface area contributed by atoms with Gasteiger partial charge in [-0.05, 0) is 43.6 Å². The molecule has 0 aliphatic carbocycles. The monoisotopic (exact) mass is 283 g/mol. The lowest BCUT2D eigenvalue weighted by atomic mass is 9.78. The van der Waals surface area contributed by atoms with E-state index >= 15 is 0 Å². The highest BCUT2D eigenvalue weighted by atomic mass is 16.6. The second-order valence-electron chi connectivity index (χ2n) is 7.75. The van der Waals surface area contributed by atoms with Crippen LogP contribution in [0.4, 0.5) is 0 Å². The van der Waals surface area contributed by atoms with Gasteiger partial charge in [0.05, 0.1) is 12.2 Å². The van der Waals surface area contributed by atoms with Crippen LogP contribution in [0.1, 0.15) is 59.8 Å². The van der Waals surface area contributed by atoms with Crippen molar-refractivity contribution in [3.8, 4) is 0 Å². The Hall–Kier alpha value is -0.120. The predicted molar refractivity (Wildman–Crippen MR) is 83.0 cm³/mol. The van der Waals surface area contributed by atoms with Gasteiger partial charge in [-0.2, -0.15) is 0 Å². The molecule has 0 radical (unpaired) electrons. The van der Waals surface area contributed by atoms with Crippen molar-refractivity contribution in [2.24, 2.45) is 11.3 Å². The minimum absolute atomic E-state index is 0.0678. The molecule has 2 fully saturated rings. The first-order valence-electron chi connectivity index (χ1n) is 8.40. The van der Waals surface area contributed by atoms with Crippen LogP contribution in [0.3, 0.4) is 0 Å². The highest BCUT2D eigenvalue weighted by molar-refractivity contribution is 4.91. The van der Waals surface area contributed by atoms with E-state index < -0.39 is 0 Å². The van der Waals surface area contributed by atoms with Gasteiger partial charge in [0, 0.05) is 25.7 Å². The first-order chi connectivity index (χ1) is 9.45. The van der Waals surface area contributed by atoms with Gasteiger partial charge in [-0.1, -0.05) is 27.7 Å². The lowest BCUT2D eigenvalue weighted by molar-refractivity contribution is -0.0994. The SMILES string of the molecule is CCNC(CCC1CCOC2(CCOC2)C1)C(C)(C)C. The van der Waals surface area contributed by atoms with E-state index in [1.165, 1.54) is 25.7 Å². The third-order valence-corrected chi connectivity index (χ3v) is 5.02. The molecule has 0 saturated carbocycles. The number of nitrogens with one attached hydrogen (secondary N) is 1. The summed E-state index contributed by atoms with van der Waals surface area (Å²) in [4.78, 5) is 0. The van der Waals surface area contributed by atoms with Crippen LogP contribution in [0.5, 0.6) is 0 Å². The van der Waals surface area contributed by atoms with Crippen LogP contribution >= 0.6 is 0 Å². The molecule has 1 spiro atoms. The molecule has 2 aliphatic rings. The van der Waals surface area contributed by atoms with Crippen molar-refractivity contribution in [2.45, 2.75) is 71.4 Å². The average molecular weight is 283 g/mol. The summed E-state index contributed by atoms with van der Waals surface area (Å²) >= 11 is 0. The van der Waals surface area contributed by atoms with Gasteiger partial charge in [0.15, 0.2) is 0 Å². The van der Waals surface area contributed by atoms with Crippen LogP contribution in [0.15, 0.2) is 0 Å². The molecule has 2 rings (SSSR count). The molecular formula is C17H33NO2. The van der Waals surface area contributed by atoms with Gasteiger partial charge in [0.25, 0.3) is 0 Å². The summed E-state index contributed by atoms with van der Waals surface area (Å²) in [6, 6.07) is 0.617. The molecular weight excluding hydrogens is 250 g/mol. The van der Waals surface area contributed by atoms with Crippen LogP contribution in [0.2, 0.25) is 0 Å². The first kappa shape index (κ1) is 16.3. The molecule has 1 N–H and O–H groups in total. The molecule has 3 atom stereocenters. The molecule has 3 unspecified atom stereocenters. The maximum Gasteiger partial charge on any atom is 0.0939 e. The third kappa shape index (κ3) is 4.19. The van der Waals surface area contributed by atoms with E-state index in [2.05, 4.69) is 33.0 Å². The van der Waals surface area contributed by atoms with E-state index in [0.717, 1.165) is 38.7 Å². The molecule has 3 nitrogen and oxygen atoms in total. The first-order valence-corrected chi connectivity index (χ1v) is 8.40. The fraction of sp³-hybridized carbons (Fsp3) is 1.00. The minimum atomic E-state index is 0.0678. The normalized spacial score (nSPS) is 32.7. The van der Waals surface area contributed by atoms with Crippen molar-refractivity contribution in [1.82, 2.24) is 5.32 Å². The van der Waals surface area contributed by atoms with Crippen molar-refractivity contribution in [2.75, 3.05) is 26.4 Å². The fourth-order valence-electron chi connectivity index (χ4n) is 3.73.